The normalized spacial score (nSPS) is 20.0. The van der Waals surface area contributed by atoms with Crippen molar-refractivity contribution >= 4 is 68.3 Å². The Morgan fingerprint density at radius 2 is 2.20 bits per heavy atom. The zero-order valence-corrected chi connectivity index (χ0v) is 13.9. The predicted octanol–water partition coefficient (Wildman–Crippen LogP) is 2.73. The number of carbonyl (C=O) groups is 1. The van der Waals surface area contributed by atoms with Crippen molar-refractivity contribution < 1.29 is 13.2 Å². The van der Waals surface area contributed by atoms with Crippen LogP contribution in [0.4, 0.5) is 5.13 Å². The van der Waals surface area contributed by atoms with Gasteiger partial charge in [0, 0.05) is 28.1 Å². The lowest BCUT2D eigenvalue weighted by Crippen LogP contribution is -2.26. The molecule has 3 rings (SSSR count). The predicted molar refractivity (Wildman–Crippen MR) is 82.9 cm³/mol. The summed E-state index contributed by atoms with van der Waals surface area (Å²) in [6, 6.07) is 5.64. The van der Waals surface area contributed by atoms with Crippen molar-refractivity contribution in [2.45, 2.75) is 11.7 Å². The van der Waals surface area contributed by atoms with E-state index in [1.54, 1.807) is 0 Å². The molecule has 1 aliphatic heterocycles. The average molecular weight is 396 g/mol. The fourth-order valence-electron chi connectivity index (χ4n) is 2.05. The van der Waals surface area contributed by atoms with Gasteiger partial charge in [-0.1, -0.05) is 27.3 Å². The summed E-state index contributed by atoms with van der Waals surface area (Å²) in [5, 5.41) is -0.360. The zero-order chi connectivity index (χ0) is 14.5. The van der Waals surface area contributed by atoms with Gasteiger partial charge in [0.2, 0.25) is 15.0 Å². The molecule has 0 spiro atoms. The Morgan fingerprint density at radius 3 is 2.85 bits per heavy atom. The minimum atomic E-state index is -3.73. The summed E-state index contributed by atoms with van der Waals surface area (Å²) in [5.74, 6) is -0.266. The molecule has 106 valence electrons. The summed E-state index contributed by atoms with van der Waals surface area (Å²) >= 11 is 4.71. The van der Waals surface area contributed by atoms with Gasteiger partial charge >= 0.3 is 0 Å². The molecule has 1 fully saturated rings. The third kappa shape index (κ3) is 2.57. The minimum Gasteiger partial charge on any atom is -0.287 e. The summed E-state index contributed by atoms with van der Waals surface area (Å²) in [7, 11) is 1.59. The molecule has 2 heterocycles. The van der Waals surface area contributed by atoms with E-state index in [1.165, 1.54) is 16.2 Å². The number of halogens is 2. The molecular formula is C11H8BrClN2O3S2. The summed E-state index contributed by atoms with van der Waals surface area (Å²) < 4.78 is 24.5. The molecule has 1 aliphatic rings. The number of amides is 1. The molecule has 1 saturated heterocycles. The molecule has 2 aromatic rings. The number of hydrogen-bond donors (Lipinski definition) is 0. The number of nitrogens with zero attached hydrogens (tertiary/aromatic N) is 2. The molecule has 0 saturated carbocycles. The lowest BCUT2D eigenvalue weighted by molar-refractivity contribution is -0.117. The number of benzene rings is 1. The van der Waals surface area contributed by atoms with Crippen molar-refractivity contribution in [1.82, 2.24) is 4.98 Å². The van der Waals surface area contributed by atoms with Crippen LogP contribution in [0.5, 0.6) is 0 Å². The van der Waals surface area contributed by atoms with Gasteiger partial charge in [0.15, 0.2) is 5.13 Å². The van der Waals surface area contributed by atoms with Crippen molar-refractivity contribution in [1.29, 1.82) is 0 Å². The van der Waals surface area contributed by atoms with E-state index < -0.39 is 14.3 Å². The van der Waals surface area contributed by atoms with Gasteiger partial charge in [0.05, 0.1) is 10.2 Å². The number of rotatable bonds is 2. The molecule has 5 nitrogen and oxygen atoms in total. The van der Waals surface area contributed by atoms with Crippen LogP contribution in [0, 0.1) is 0 Å². The Balaban J connectivity index is 1.97. The minimum absolute atomic E-state index is 0.0612. The molecule has 0 radical (unpaired) electrons. The number of carbonyl (C=O) groups excluding carboxylic acids is 1. The largest absolute Gasteiger partial charge is 0.287 e. The maximum Gasteiger partial charge on any atom is 0.237 e. The smallest absolute Gasteiger partial charge is 0.237 e. The second kappa shape index (κ2) is 4.94. The van der Waals surface area contributed by atoms with Gasteiger partial charge in [0.25, 0.3) is 0 Å². The van der Waals surface area contributed by atoms with Gasteiger partial charge in [-0.05, 0) is 18.2 Å². The lowest BCUT2D eigenvalue weighted by Gasteiger charge is -2.11. The first-order chi connectivity index (χ1) is 9.34. The second-order valence-electron chi connectivity index (χ2n) is 4.41. The second-order valence-corrected chi connectivity index (χ2v) is 9.25. The van der Waals surface area contributed by atoms with Crippen LogP contribution in [-0.2, 0) is 13.8 Å². The molecule has 0 bridgehead atoms. The summed E-state index contributed by atoms with van der Waals surface area (Å²) in [4.78, 5) is 17.7. The highest BCUT2D eigenvalue weighted by Crippen LogP contribution is 2.34. The van der Waals surface area contributed by atoms with Gasteiger partial charge < -0.3 is 0 Å². The van der Waals surface area contributed by atoms with Crippen molar-refractivity contribution in [3.8, 4) is 0 Å². The van der Waals surface area contributed by atoms with E-state index >= 15 is 0 Å². The summed E-state index contributed by atoms with van der Waals surface area (Å²) in [5.41, 5.74) is 0.768. The highest BCUT2D eigenvalue weighted by Gasteiger charge is 2.39. The third-order valence-electron chi connectivity index (χ3n) is 3.06. The number of hydrogen-bond acceptors (Lipinski definition) is 5. The third-order valence-corrected chi connectivity index (χ3v) is 6.48. The Labute approximate surface area is 132 Å². The number of anilines is 1. The van der Waals surface area contributed by atoms with Gasteiger partial charge in [-0.15, -0.1) is 0 Å². The van der Waals surface area contributed by atoms with E-state index in [0.717, 1.165) is 14.7 Å². The van der Waals surface area contributed by atoms with Crippen LogP contribution in [0.1, 0.15) is 6.42 Å². The Kier molecular flexibility index (Phi) is 3.52. The van der Waals surface area contributed by atoms with E-state index in [0.29, 0.717) is 5.13 Å². The van der Waals surface area contributed by atoms with Gasteiger partial charge in [0.1, 0.15) is 5.25 Å². The van der Waals surface area contributed by atoms with Crippen molar-refractivity contribution in [3.63, 3.8) is 0 Å². The summed E-state index contributed by atoms with van der Waals surface area (Å²) in [6.07, 6.45) is -0.0918. The van der Waals surface area contributed by atoms with Gasteiger partial charge in [-0.3, -0.25) is 9.69 Å². The van der Waals surface area contributed by atoms with Gasteiger partial charge in [-0.25, -0.2) is 13.4 Å². The SMILES string of the molecule is O=C1CC(S(=O)(=O)Cl)CN1c1nc2cc(Br)ccc2s1. The van der Waals surface area contributed by atoms with E-state index in [9.17, 15) is 13.2 Å². The number of aromatic nitrogens is 1. The van der Waals surface area contributed by atoms with Crippen molar-refractivity contribution in [2.24, 2.45) is 0 Å². The molecule has 1 aromatic heterocycles. The van der Waals surface area contributed by atoms with E-state index in [2.05, 4.69) is 20.9 Å². The lowest BCUT2D eigenvalue weighted by atomic mass is 10.3. The molecule has 1 unspecified atom stereocenters. The Bertz CT molecular complexity index is 805. The zero-order valence-electron chi connectivity index (χ0n) is 9.92. The molecule has 1 atom stereocenters. The standard InChI is InChI=1S/C11H8BrClN2O3S2/c12-6-1-2-9-8(3-6)14-11(19-9)15-5-7(4-10(15)16)20(13,17)18/h1-3,7H,4-5H2. The fourth-order valence-corrected chi connectivity index (χ4v) is 4.40. The maximum atomic E-state index is 11.9. The monoisotopic (exact) mass is 394 g/mol. The Hall–Kier alpha value is -0.700. The van der Waals surface area contributed by atoms with E-state index in [1.807, 2.05) is 18.2 Å². The van der Waals surface area contributed by atoms with Crippen LogP contribution in [0.15, 0.2) is 22.7 Å². The molecular weight excluding hydrogens is 388 g/mol. The van der Waals surface area contributed by atoms with E-state index in [4.69, 9.17) is 10.7 Å². The van der Waals surface area contributed by atoms with Crippen LogP contribution in [0.3, 0.4) is 0 Å². The van der Waals surface area contributed by atoms with Gasteiger partial charge in [-0.2, -0.15) is 0 Å². The maximum absolute atomic E-state index is 11.9. The quantitative estimate of drug-likeness (QED) is 0.733. The number of fused-ring (bicyclic) bond motifs is 1. The van der Waals surface area contributed by atoms with Crippen molar-refractivity contribution in [2.75, 3.05) is 11.4 Å². The topological polar surface area (TPSA) is 67.3 Å². The molecule has 20 heavy (non-hydrogen) atoms. The van der Waals surface area contributed by atoms with Crippen LogP contribution < -0.4 is 4.90 Å². The number of thiazole rings is 1. The first kappa shape index (κ1) is 14.2. The first-order valence-electron chi connectivity index (χ1n) is 5.64. The Morgan fingerprint density at radius 1 is 1.45 bits per heavy atom. The van der Waals surface area contributed by atoms with Crippen LogP contribution >= 0.6 is 37.9 Å². The molecule has 1 amide bonds. The summed E-state index contributed by atoms with van der Waals surface area (Å²) in [6.45, 7) is 0.0612. The fraction of sp³-hybridized carbons (Fsp3) is 0.273. The molecule has 1 aromatic carbocycles. The first-order valence-corrected chi connectivity index (χ1v) is 9.63. The molecule has 9 heteroatoms. The van der Waals surface area contributed by atoms with E-state index in [-0.39, 0.29) is 18.9 Å². The van der Waals surface area contributed by atoms with Crippen LogP contribution in [0.25, 0.3) is 10.2 Å². The molecule has 0 N–H and O–H groups in total. The average Bonchev–Trinajstić information content (AvgIpc) is 2.90. The van der Waals surface area contributed by atoms with Crippen LogP contribution in [-0.4, -0.2) is 31.1 Å². The highest BCUT2D eigenvalue weighted by molar-refractivity contribution is 9.10. The van der Waals surface area contributed by atoms with Crippen molar-refractivity contribution in [3.05, 3.63) is 22.7 Å². The highest BCUT2D eigenvalue weighted by atomic mass is 79.9. The molecule has 0 aliphatic carbocycles. The van der Waals surface area contributed by atoms with Crippen LogP contribution in [0.2, 0.25) is 0 Å².